The van der Waals surface area contributed by atoms with Gasteiger partial charge >= 0.3 is 0 Å². The molecule has 11 heavy (non-hydrogen) atoms. The molecule has 0 spiro atoms. The number of hydrogen-bond donors (Lipinski definition) is 1. The Balaban J connectivity index is 2.50. The van der Waals surface area contributed by atoms with Gasteiger partial charge in [0.25, 0.3) is 11.8 Å². The molecule has 0 saturated carbocycles. The summed E-state index contributed by atoms with van der Waals surface area (Å²) in [5.74, 6) is -0.631. The SMILES string of the molecule is COCCC1=CC(=O)NC1=O. The van der Waals surface area contributed by atoms with E-state index in [1.807, 2.05) is 0 Å². The molecular formula is C7H9NO3. The van der Waals surface area contributed by atoms with Crippen molar-refractivity contribution in [1.29, 1.82) is 0 Å². The second kappa shape index (κ2) is 3.30. The van der Waals surface area contributed by atoms with Crippen LogP contribution in [0.3, 0.4) is 0 Å². The summed E-state index contributed by atoms with van der Waals surface area (Å²) in [6, 6.07) is 0. The highest BCUT2D eigenvalue weighted by molar-refractivity contribution is 6.16. The molecular weight excluding hydrogens is 146 g/mol. The lowest BCUT2D eigenvalue weighted by Crippen LogP contribution is -2.22. The minimum atomic E-state index is -0.332. The van der Waals surface area contributed by atoms with Gasteiger partial charge in [0.2, 0.25) is 0 Å². The monoisotopic (exact) mass is 155 g/mol. The van der Waals surface area contributed by atoms with Crippen molar-refractivity contribution in [2.24, 2.45) is 0 Å². The molecule has 1 heterocycles. The summed E-state index contributed by atoms with van der Waals surface area (Å²) in [6.45, 7) is 0.465. The van der Waals surface area contributed by atoms with Crippen molar-refractivity contribution in [3.05, 3.63) is 11.6 Å². The summed E-state index contributed by atoms with van der Waals surface area (Å²) < 4.78 is 4.76. The van der Waals surface area contributed by atoms with Crippen LogP contribution < -0.4 is 5.32 Å². The van der Waals surface area contributed by atoms with Crippen LogP contribution in [-0.2, 0) is 14.3 Å². The van der Waals surface area contributed by atoms with E-state index in [4.69, 9.17) is 4.74 Å². The fourth-order valence-electron chi connectivity index (χ4n) is 0.850. The number of ether oxygens (including phenoxy) is 1. The molecule has 0 fully saturated rings. The van der Waals surface area contributed by atoms with E-state index in [1.165, 1.54) is 6.08 Å². The highest BCUT2D eigenvalue weighted by Gasteiger charge is 2.19. The van der Waals surface area contributed by atoms with E-state index in [9.17, 15) is 9.59 Å². The molecule has 0 atom stereocenters. The van der Waals surface area contributed by atoms with E-state index >= 15 is 0 Å². The molecule has 4 nitrogen and oxygen atoms in total. The lowest BCUT2D eigenvalue weighted by atomic mass is 10.2. The van der Waals surface area contributed by atoms with Crippen molar-refractivity contribution < 1.29 is 14.3 Å². The molecule has 0 unspecified atom stereocenters. The molecule has 0 aliphatic carbocycles. The summed E-state index contributed by atoms with van der Waals surface area (Å²) in [6.07, 6.45) is 1.80. The van der Waals surface area contributed by atoms with Gasteiger partial charge in [-0.2, -0.15) is 0 Å². The van der Waals surface area contributed by atoms with Gasteiger partial charge in [0.05, 0.1) is 6.61 Å². The molecule has 0 saturated heterocycles. The van der Waals surface area contributed by atoms with Crippen LogP contribution in [0.5, 0.6) is 0 Å². The van der Waals surface area contributed by atoms with Crippen LogP contribution in [0.1, 0.15) is 6.42 Å². The molecule has 0 aromatic heterocycles. The Morgan fingerprint density at radius 2 is 2.27 bits per heavy atom. The van der Waals surface area contributed by atoms with Crippen LogP contribution >= 0.6 is 0 Å². The Morgan fingerprint density at radius 3 is 2.73 bits per heavy atom. The smallest absolute Gasteiger partial charge is 0.254 e. The topological polar surface area (TPSA) is 55.4 Å². The van der Waals surface area contributed by atoms with E-state index in [0.29, 0.717) is 18.6 Å². The summed E-state index contributed by atoms with van der Waals surface area (Å²) in [5, 5.41) is 2.15. The first-order chi connectivity index (χ1) is 5.24. The van der Waals surface area contributed by atoms with Gasteiger partial charge in [-0.3, -0.25) is 14.9 Å². The number of imide groups is 1. The minimum absolute atomic E-state index is 0.299. The molecule has 1 aliphatic rings. The molecule has 4 heteroatoms. The van der Waals surface area contributed by atoms with Crippen molar-refractivity contribution in [1.82, 2.24) is 5.32 Å². The van der Waals surface area contributed by atoms with Crippen LogP contribution in [0.25, 0.3) is 0 Å². The summed E-state index contributed by atoms with van der Waals surface area (Å²) >= 11 is 0. The van der Waals surface area contributed by atoms with E-state index in [1.54, 1.807) is 7.11 Å². The van der Waals surface area contributed by atoms with Crippen LogP contribution in [0.4, 0.5) is 0 Å². The van der Waals surface area contributed by atoms with E-state index in [2.05, 4.69) is 5.32 Å². The van der Waals surface area contributed by atoms with Crippen LogP contribution in [0.15, 0.2) is 11.6 Å². The zero-order chi connectivity index (χ0) is 8.27. The highest BCUT2D eigenvalue weighted by Crippen LogP contribution is 2.06. The molecule has 1 rings (SSSR count). The molecule has 60 valence electrons. The summed E-state index contributed by atoms with van der Waals surface area (Å²) in [7, 11) is 1.55. The lowest BCUT2D eigenvalue weighted by Gasteiger charge is -1.96. The van der Waals surface area contributed by atoms with Crippen molar-refractivity contribution in [3.63, 3.8) is 0 Å². The largest absolute Gasteiger partial charge is 0.384 e. The second-order valence-corrected chi connectivity index (χ2v) is 2.23. The first-order valence-corrected chi connectivity index (χ1v) is 3.29. The van der Waals surface area contributed by atoms with Gasteiger partial charge in [-0.1, -0.05) is 0 Å². The van der Waals surface area contributed by atoms with Gasteiger partial charge in [0, 0.05) is 25.2 Å². The Labute approximate surface area is 64.2 Å². The number of hydrogen-bond acceptors (Lipinski definition) is 3. The number of amides is 2. The van der Waals surface area contributed by atoms with E-state index in [0.717, 1.165) is 0 Å². The zero-order valence-electron chi connectivity index (χ0n) is 6.22. The second-order valence-electron chi connectivity index (χ2n) is 2.23. The lowest BCUT2D eigenvalue weighted by molar-refractivity contribution is -0.123. The summed E-state index contributed by atoms with van der Waals surface area (Å²) in [4.78, 5) is 21.4. The molecule has 0 bridgehead atoms. The fraction of sp³-hybridized carbons (Fsp3) is 0.429. The van der Waals surface area contributed by atoms with Gasteiger partial charge in [-0.15, -0.1) is 0 Å². The van der Waals surface area contributed by atoms with Gasteiger partial charge in [-0.05, 0) is 0 Å². The molecule has 1 aliphatic heterocycles. The van der Waals surface area contributed by atoms with Crippen LogP contribution in [0, 0.1) is 0 Å². The quantitative estimate of drug-likeness (QED) is 0.564. The maximum atomic E-state index is 10.8. The maximum Gasteiger partial charge on any atom is 0.254 e. The van der Waals surface area contributed by atoms with Crippen molar-refractivity contribution >= 4 is 11.8 Å². The number of carbonyl (C=O) groups excluding carboxylic acids is 2. The summed E-state index contributed by atoms with van der Waals surface area (Å²) in [5.41, 5.74) is 0.497. The van der Waals surface area contributed by atoms with Crippen molar-refractivity contribution in [3.8, 4) is 0 Å². The normalized spacial score (nSPS) is 16.6. The zero-order valence-corrected chi connectivity index (χ0v) is 6.22. The molecule has 1 N–H and O–H groups in total. The highest BCUT2D eigenvalue weighted by atomic mass is 16.5. The molecule has 0 aromatic rings. The maximum absolute atomic E-state index is 10.8. The first-order valence-electron chi connectivity index (χ1n) is 3.29. The Kier molecular flexibility index (Phi) is 2.38. The van der Waals surface area contributed by atoms with E-state index in [-0.39, 0.29) is 11.8 Å². The average Bonchev–Trinajstić information content (AvgIpc) is 2.26. The average molecular weight is 155 g/mol. The van der Waals surface area contributed by atoms with Gasteiger partial charge in [-0.25, -0.2) is 0 Å². The number of rotatable bonds is 3. The molecule has 0 aromatic carbocycles. The van der Waals surface area contributed by atoms with E-state index < -0.39 is 0 Å². The Morgan fingerprint density at radius 1 is 1.55 bits per heavy atom. The number of carbonyl (C=O) groups is 2. The third-order valence-corrected chi connectivity index (χ3v) is 1.41. The predicted molar refractivity (Wildman–Crippen MR) is 37.7 cm³/mol. The van der Waals surface area contributed by atoms with Crippen LogP contribution in [-0.4, -0.2) is 25.5 Å². The third kappa shape index (κ3) is 1.88. The molecule has 0 radical (unpaired) electrons. The minimum Gasteiger partial charge on any atom is -0.384 e. The Hall–Kier alpha value is -1.16. The van der Waals surface area contributed by atoms with Crippen LogP contribution in [0.2, 0.25) is 0 Å². The Bertz CT molecular complexity index is 220. The number of methoxy groups -OCH3 is 1. The first kappa shape index (κ1) is 7.94. The van der Waals surface area contributed by atoms with Gasteiger partial charge < -0.3 is 4.74 Å². The van der Waals surface area contributed by atoms with Crippen molar-refractivity contribution in [2.75, 3.05) is 13.7 Å². The van der Waals surface area contributed by atoms with Crippen molar-refractivity contribution in [2.45, 2.75) is 6.42 Å². The predicted octanol–water partition coefficient (Wildman–Crippen LogP) is -0.394. The molecule has 2 amide bonds. The standard InChI is InChI=1S/C7H9NO3/c1-11-3-2-5-4-6(9)8-7(5)10/h4H,2-3H2,1H3,(H,8,9,10). The third-order valence-electron chi connectivity index (χ3n) is 1.41. The van der Waals surface area contributed by atoms with Gasteiger partial charge in [0.15, 0.2) is 0 Å². The number of nitrogens with one attached hydrogen (secondary N) is 1. The van der Waals surface area contributed by atoms with Gasteiger partial charge in [0.1, 0.15) is 0 Å². The fourth-order valence-corrected chi connectivity index (χ4v) is 0.850.